The normalized spacial score (nSPS) is 10.0. The van der Waals surface area contributed by atoms with Crippen molar-refractivity contribution in [3.8, 4) is 5.75 Å². The predicted molar refractivity (Wildman–Crippen MR) is 77.5 cm³/mol. The van der Waals surface area contributed by atoms with Crippen LogP contribution in [0.5, 0.6) is 5.75 Å². The van der Waals surface area contributed by atoms with Gasteiger partial charge in [0.2, 0.25) is 0 Å². The fourth-order valence-corrected chi connectivity index (χ4v) is 1.67. The minimum atomic E-state index is -0.273. The molecule has 4 nitrogen and oxygen atoms in total. The Morgan fingerprint density at radius 1 is 1.26 bits per heavy atom. The summed E-state index contributed by atoms with van der Waals surface area (Å²) in [7, 11) is 0. The summed E-state index contributed by atoms with van der Waals surface area (Å²) in [5.41, 5.74) is 0. The van der Waals surface area contributed by atoms with Crippen LogP contribution in [0, 0.1) is 0 Å². The molecule has 0 atom stereocenters. The van der Waals surface area contributed by atoms with Crippen LogP contribution in [0.25, 0.3) is 0 Å². The number of hydrogen-bond donors (Lipinski definition) is 1. The summed E-state index contributed by atoms with van der Waals surface area (Å²) >= 11 is 9.02. The molecule has 98 valence electrons. The largest absolute Gasteiger partial charge is 0.484 e. The number of anilines is 1. The number of rotatable bonds is 4. The van der Waals surface area contributed by atoms with Gasteiger partial charge in [-0.05, 0) is 52.3 Å². The number of nitrogens with zero attached hydrogens (tertiary/aromatic N) is 1. The van der Waals surface area contributed by atoms with Gasteiger partial charge in [0.25, 0.3) is 5.91 Å². The summed E-state index contributed by atoms with van der Waals surface area (Å²) in [4.78, 5) is 15.7. The molecule has 0 spiro atoms. The van der Waals surface area contributed by atoms with Gasteiger partial charge in [-0.15, -0.1) is 0 Å². The first kappa shape index (κ1) is 13.8. The first-order valence-corrected chi connectivity index (χ1v) is 6.60. The van der Waals surface area contributed by atoms with E-state index in [-0.39, 0.29) is 12.5 Å². The number of carbonyl (C=O) groups is 1. The van der Waals surface area contributed by atoms with Gasteiger partial charge in [0.05, 0.1) is 0 Å². The van der Waals surface area contributed by atoms with Crippen molar-refractivity contribution in [3.63, 3.8) is 0 Å². The van der Waals surface area contributed by atoms with Crippen molar-refractivity contribution in [1.29, 1.82) is 0 Å². The van der Waals surface area contributed by atoms with Gasteiger partial charge in [0.15, 0.2) is 6.61 Å². The molecular weight excluding hydrogens is 332 g/mol. The fraction of sp³-hybridized carbons (Fsp3) is 0.0769. The fourth-order valence-electron chi connectivity index (χ4n) is 1.31. The summed E-state index contributed by atoms with van der Waals surface area (Å²) in [6.45, 7) is -0.0840. The molecule has 1 heterocycles. The molecule has 0 saturated carbocycles. The predicted octanol–water partition coefficient (Wildman–Crippen LogP) is 3.52. The van der Waals surface area contributed by atoms with Crippen LogP contribution in [0.2, 0.25) is 5.02 Å². The number of amides is 1. The number of carbonyl (C=O) groups excluding carboxylic acids is 1. The first-order chi connectivity index (χ1) is 9.13. The zero-order chi connectivity index (χ0) is 13.7. The Labute approximate surface area is 123 Å². The van der Waals surface area contributed by atoms with Crippen LogP contribution < -0.4 is 10.1 Å². The SMILES string of the molecule is O=C(COc1ccc(Cl)cc1)Nc1ccc(Br)cn1. The average molecular weight is 342 g/mol. The summed E-state index contributed by atoms with van der Waals surface area (Å²) < 4.78 is 6.16. The molecule has 0 saturated heterocycles. The molecule has 1 aromatic carbocycles. The molecule has 6 heteroatoms. The van der Waals surface area contributed by atoms with E-state index in [1.807, 2.05) is 0 Å². The maximum atomic E-state index is 11.6. The Morgan fingerprint density at radius 2 is 2.00 bits per heavy atom. The second-order valence-electron chi connectivity index (χ2n) is 3.65. The lowest BCUT2D eigenvalue weighted by molar-refractivity contribution is -0.118. The summed E-state index contributed by atoms with van der Waals surface area (Å²) in [6, 6.07) is 10.3. The molecule has 0 fully saturated rings. The molecule has 0 unspecified atom stereocenters. The van der Waals surface area contributed by atoms with Gasteiger partial charge >= 0.3 is 0 Å². The first-order valence-electron chi connectivity index (χ1n) is 5.43. The Kier molecular flexibility index (Phi) is 4.76. The average Bonchev–Trinajstić information content (AvgIpc) is 2.41. The molecule has 0 aliphatic rings. The number of ether oxygens (including phenoxy) is 1. The van der Waals surface area contributed by atoms with Crippen LogP contribution in [0.1, 0.15) is 0 Å². The zero-order valence-electron chi connectivity index (χ0n) is 9.77. The van der Waals surface area contributed by atoms with Crippen LogP contribution in [-0.2, 0) is 4.79 Å². The van der Waals surface area contributed by atoms with Crippen molar-refractivity contribution in [2.45, 2.75) is 0 Å². The topological polar surface area (TPSA) is 51.2 Å². The Hall–Kier alpha value is -1.59. The molecule has 0 bridgehead atoms. The maximum Gasteiger partial charge on any atom is 0.263 e. The molecule has 1 amide bonds. The van der Waals surface area contributed by atoms with Gasteiger partial charge in [-0.1, -0.05) is 11.6 Å². The van der Waals surface area contributed by atoms with Crippen LogP contribution in [0.4, 0.5) is 5.82 Å². The molecule has 19 heavy (non-hydrogen) atoms. The lowest BCUT2D eigenvalue weighted by Crippen LogP contribution is -2.20. The maximum absolute atomic E-state index is 11.6. The number of aromatic nitrogens is 1. The number of halogens is 2. The lowest BCUT2D eigenvalue weighted by Gasteiger charge is -2.07. The third-order valence-electron chi connectivity index (χ3n) is 2.18. The van der Waals surface area contributed by atoms with Gasteiger partial charge in [0, 0.05) is 15.7 Å². The Bertz CT molecular complexity index is 558. The van der Waals surface area contributed by atoms with E-state index in [0.29, 0.717) is 16.6 Å². The Balaban J connectivity index is 1.84. The van der Waals surface area contributed by atoms with E-state index in [4.69, 9.17) is 16.3 Å². The van der Waals surface area contributed by atoms with E-state index in [2.05, 4.69) is 26.2 Å². The molecule has 0 aliphatic heterocycles. The van der Waals surface area contributed by atoms with Crippen molar-refractivity contribution in [2.24, 2.45) is 0 Å². The summed E-state index contributed by atoms with van der Waals surface area (Å²) in [5, 5.41) is 3.25. The van der Waals surface area contributed by atoms with E-state index >= 15 is 0 Å². The zero-order valence-corrected chi connectivity index (χ0v) is 12.1. The third-order valence-corrected chi connectivity index (χ3v) is 2.90. The molecule has 2 rings (SSSR count). The van der Waals surface area contributed by atoms with Crippen molar-refractivity contribution < 1.29 is 9.53 Å². The molecule has 0 aliphatic carbocycles. The molecule has 1 N–H and O–H groups in total. The highest BCUT2D eigenvalue weighted by Crippen LogP contribution is 2.15. The van der Waals surface area contributed by atoms with Gasteiger partial charge < -0.3 is 10.1 Å². The van der Waals surface area contributed by atoms with Crippen molar-refractivity contribution in [3.05, 3.63) is 52.1 Å². The lowest BCUT2D eigenvalue weighted by atomic mass is 10.3. The van der Waals surface area contributed by atoms with Gasteiger partial charge in [-0.3, -0.25) is 4.79 Å². The Morgan fingerprint density at radius 3 is 2.63 bits per heavy atom. The third kappa shape index (κ3) is 4.54. The molecule has 1 aromatic heterocycles. The van der Waals surface area contributed by atoms with Crippen LogP contribution in [-0.4, -0.2) is 17.5 Å². The number of hydrogen-bond acceptors (Lipinski definition) is 3. The van der Waals surface area contributed by atoms with Crippen LogP contribution in [0.3, 0.4) is 0 Å². The van der Waals surface area contributed by atoms with Crippen molar-refractivity contribution in [2.75, 3.05) is 11.9 Å². The van der Waals surface area contributed by atoms with Crippen LogP contribution in [0.15, 0.2) is 47.1 Å². The molecule has 0 radical (unpaired) electrons. The van der Waals surface area contributed by atoms with E-state index < -0.39 is 0 Å². The minimum absolute atomic E-state index is 0.0840. The molecule has 2 aromatic rings. The van der Waals surface area contributed by atoms with E-state index in [1.165, 1.54) is 0 Å². The highest BCUT2D eigenvalue weighted by atomic mass is 79.9. The summed E-state index contributed by atoms with van der Waals surface area (Å²) in [5.74, 6) is 0.793. The van der Waals surface area contributed by atoms with E-state index in [9.17, 15) is 4.79 Å². The van der Waals surface area contributed by atoms with Crippen molar-refractivity contribution in [1.82, 2.24) is 4.98 Å². The number of benzene rings is 1. The van der Waals surface area contributed by atoms with Gasteiger partial charge in [0.1, 0.15) is 11.6 Å². The number of nitrogens with one attached hydrogen (secondary N) is 1. The van der Waals surface area contributed by atoms with Crippen LogP contribution >= 0.6 is 27.5 Å². The highest BCUT2D eigenvalue weighted by Gasteiger charge is 2.04. The standard InChI is InChI=1S/C13H10BrClN2O2/c14-9-1-6-12(16-7-9)17-13(18)8-19-11-4-2-10(15)3-5-11/h1-7H,8H2,(H,16,17,18). The molecular formula is C13H10BrClN2O2. The monoisotopic (exact) mass is 340 g/mol. The van der Waals surface area contributed by atoms with Crippen molar-refractivity contribution >= 4 is 39.3 Å². The number of pyridine rings is 1. The summed E-state index contributed by atoms with van der Waals surface area (Å²) in [6.07, 6.45) is 1.61. The second kappa shape index (κ2) is 6.54. The quantitative estimate of drug-likeness (QED) is 0.926. The van der Waals surface area contributed by atoms with E-state index in [0.717, 1.165) is 4.47 Å². The second-order valence-corrected chi connectivity index (χ2v) is 5.00. The highest BCUT2D eigenvalue weighted by molar-refractivity contribution is 9.10. The van der Waals surface area contributed by atoms with Gasteiger partial charge in [-0.25, -0.2) is 4.98 Å². The van der Waals surface area contributed by atoms with Gasteiger partial charge in [-0.2, -0.15) is 0 Å². The van der Waals surface area contributed by atoms with E-state index in [1.54, 1.807) is 42.6 Å². The smallest absolute Gasteiger partial charge is 0.263 e. The minimum Gasteiger partial charge on any atom is -0.484 e.